The summed E-state index contributed by atoms with van der Waals surface area (Å²) in [6.07, 6.45) is 1.61. The van der Waals surface area contributed by atoms with Crippen molar-refractivity contribution in [1.29, 1.82) is 0 Å². The maximum Gasteiger partial charge on any atom is 0.0908 e. The maximum absolute atomic E-state index is 10.8. The van der Waals surface area contributed by atoms with Crippen LogP contribution in [0.25, 0.3) is 0 Å². The first-order valence-electron chi connectivity index (χ1n) is 7.43. The van der Waals surface area contributed by atoms with Gasteiger partial charge < -0.3 is 5.11 Å². The smallest absolute Gasteiger partial charge is 0.0908 e. The van der Waals surface area contributed by atoms with Gasteiger partial charge in [-0.3, -0.25) is 0 Å². The van der Waals surface area contributed by atoms with Crippen molar-refractivity contribution in [2.45, 2.75) is 39.2 Å². The molecule has 112 valence electrons. The van der Waals surface area contributed by atoms with Crippen LogP contribution in [0.15, 0.2) is 48.5 Å². The molecule has 0 aliphatic rings. The summed E-state index contributed by atoms with van der Waals surface area (Å²) in [5, 5.41) is 11.6. The number of halogens is 1. The highest BCUT2D eigenvalue weighted by Crippen LogP contribution is 2.27. The predicted octanol–water partition coefficient (Wildman–Crippen LogP) is 4.99. The topological polar surface area (TPSA) is 20.2 Å². The molecule has 2 heteroatoms. The molecule has 0 radical (unpaired) electrons. The van der Waals surface area contributed by atoms with Crippen molar-refractivity contribution in [3.63, 3.8) is 0 Å². The summed E-state index contributed by atoms with van der Waals surface area (Å²) in [6.45, 7) is 6.28. The maximum atomic E-state index is 10.8. The molecule has 0 aromatic heterocycles. The van der Waals surface area contributed by atoms with Crippen LogP contribution in [0.1, 0.15) is 37.5 Å². The molecule has 1 N–H and O–H groups in total. The van der Waals surface area contributed by atoms with Crippen LogP contribution in [0.3, 0.4) is 0 Å². The summed E-state index contributed by atoms with van der Waals surface area (Å²) in [5.74, 6) is 0.612. The van der Waals surface area contributed by atoms with Gasteiger partial charge in [0, 0.05) is 11.4 Å². The Hall–Kier alpha value is -1.31. The van der Waals surface area contributed by atoms with Crippen LogP contribution in [-0.2, 0) is 18.4 Å². The molecule has 0 aliphatic carbocycles. The van der Waals surface area contributed by atoms with Gasteiger partial charge in [-0.25, -0.2) is 0 Å². The molecule has 0 bridgehead atoms. The van der Waals surface area contributed by atoms with E-state index in [0.29, 0.717) is 12.3 Å². The third-order valence-corrected chi connectivity index (χ3v) is 3.91. The largest absolute Gasteiger partial charge is 0.385 e. The Kier molecular flexibility index (Phi) is 5.08. The lowest BCUT2D eigenvalue weighted by molar-refractivity contribution is 0.0575. The van der Waals surface area contributed by atoms with Crippen molar-refractivity contribution in [1.82, 2.24) is 0 Å². The lowest BCUT2D eigenvalue weighted by atomic mass is 9.87. The molecule has 0 fully saturated rings. The summed E-state index contributed by atoms with van der Waals surface area (Å²) in [7, 11) is 0. The van der Waals surface area contributed by atoms with Crippen LogP contribution in [-0.4, -0.2) is 5.11 Å². The van der Waals surface area contributed by atoms with Gasteiger partial charge in [0.05, 0.1) is 5.60 Å². The van der Waals surface area contributed by atoms with E-state index in [1.165, 1.54) is 5.56 Å². The minimum absolute atomic E-state index is 0.579. The zero-order chi connectivity index (χ0) is 15.5. The van der Waals surface area contributed by atoms with Crippen molar-refractivity contribution in [2.24, 2.45) is 5.92 Å². The Morgan fingerprint density at radius 1 is 1.05 bits per heavy atom. The molecule has 2 rings (SSSR count). The molecule has 0 saturated heterocycles. The Morgan fingerprint density at radius 2 is 1.71 bits per heavy atom. The van der Waals surface area contributed by atoms with Crippen LogP contribution in [0.4, 0.5) is 0 Å². The molecule has 1 nitrogen and oxygen atoms in total. The van der Waals surface area contributed by atoms with Gasteiger partial charge in [-0.05, 0) is 48.1 Å². The Labute approximate surface area is 132 Å². The van der Waals surface area contributed by atoms with Crippen LogP contribution in [0, 0.1) is 5.92 Å². The highest BCUT2D eigenvalue weighted by Gasteiger charge is 2.23. The average molecular weight is 303 g/mol. The zero-order valence-electron chi connectivity index (χ0n) is 12.9. The molecule has 0 spiro atoms. The number of benzene rings is 2. The third kappa shape index (κ3) is 4.59. The fraction of sp³-hybridized carbons (Fsp3) is 0.368. The second-order valence-corrected chi connectivity index (χ2v) is 6.81. The molecule has 2 aromatic rings. The molecule has 0 heterocycles. The summed E-state index contributed by atoms with van der Waals surface area (Å²) in [5.41, 5.74) is 2.45. The van der Waals surface area contributed by atoms with E-state index in [-0.39, 0.29) is 0 Å². The summed E-state index contributed by atoms with van der Waals surface area (Å²) in [4.78, 5) is 0. The highest BCUT2D eigenvalue weighted by molar-refractivity contribution is 6.30. The fourth-order valence-corrected chi connectivity index (χ4v) is 2.73. The number of aliphatic hydroxyl groups is 1. The van der Waals surface area contributed by atoms with E-state index in [1.807, 2.05) is 43.3 Å². The van der Waals surface area contributed by atoms with Gasteiger partial charge in [-0.15, -0.1) is 0 Å². The molecule has 1 unspecified atom stereocenters. The molecular formula is C19H23ClO. The van der Waals surface area contributed by atoms with Gasteiger partial charge in [0.15, 0.2) is 0 Å². The molecule has 0 amide bonds. The normalized spacial score (nSPS) is 14.2. The lowest BCUT2D eigenvalue weighted by Gasteiger charge is -2.25. The summed E-state index contributed by atoms with van der Waals surface area (Å²) in [6, 6.07) is 15.9. The molecule has 21 heavy (non-hydrogen) atoms. The lowest BCUT2D eigenvalue weighted by Crippen LogP contribution is -2.24. The number of rotatable bonds is 5. The molecular weight excluding hydrogens is 280 g/mol. The minimum Gasteiger partial charge on any atom is -0.385 e. The first-order chi connectivity index (χ1) is 9.87. The van der Waals surface area contributed by atoms with Gasteiger partial charge in [-0.2, -0.15) is 0 Å². The molecule has 2 aromatic carbocycles. The van der Waals surface area contributed by atoms with Gasteiger partial charge in [0.1, 0.15) is 0 Å². The van der Waals surface area contributed by atoms with E-state index >= 15 is 0 Å². The Bertz CT molecular complexity index is 585. The molecule has 0 saturated carbocycles. The van der Waals surface area contributed by atoms with Gasteiger partial charge in [0.2, 0.25) is 0 Å². The zero-order valence-corrected chi connectivity index (χ0v) is 13.7. The first kappa shape index (κ1) is 16.1. The quantitative estimate of drug-likeness (QED) is 0.825. The van der Waals surface area contributed by atoms with Gasteiger partial charge in [-0.1, -0.05) is 61.8 Å². The van der Waals surface area contributed by atoms with Crippen LogP contribution < -0.4 is 0 Å². The first-order valence-corrected chi connectivity index (χ1v) is 7.81. The number of hydrogen-bond acceptors (Lipinski definition) is 1. The SMILES string of the molecule is CC(C)Cc1cccc(C(C)(O)Cc2ccc(Cl)cc2)c1. The van der Waals surface area contributed by atoms with Crippen LogP contribution >= 0.6 is 11.6 Å². The Morgan fingerprint density at radius 3 is 2.33 bits per heavy atom. The standard InChI is InChI=1S/C19H23ClO/c1-14(2)11-16-5-4-6-17(12-16)19(3,21)13-15-7-9-18(20)10-8-15/h4-10,12,14,21H,11,13H2,1-3H3. The Balaban J connectivity index is 2.20. The third-order valence-electron chi connectivity index (χ3n) is 3.65. The molecule has 1 atom stereocenters. The van der Waals surface area contributed by atoms with E-state index in [9.17, 15) is 5.11 Å². The van der Waals surface area contributed by atoms with Crippen molar-refractivity contribution in [3.8, 4) is 0 Å². The second kappa shape index (κ2) is 6.64. The van der Waals surface area contributed by atoms with Crippen molar-refractivity contribution in [2.75, 3.05) is 0 Å². The highest BCUT2D eigenvalue weighted by atomic mass is 35.5. The fourth-order valence-electron chi connectivity index (χ4n) is 2.61. The van der Waals surface area contributed by atoms with E-state index in [1.54, 1.807) is 0 Å². The van der Waals surface area contributed by atoms with E-state index in [4.69, 9.17) is 11.6 Å². The molecule has 0 aliphatic heterocycles. The van der Waals surface area contributed by atoms with E-state index in [0.717, 1.165) is 22.6 Å². The minimum atomic E-state index is -0.874. The van der Waals surface area contributed by atoms with Crippen LogP contribution in [0.2, 0.25) is 5.02 Å². The average Bonchev–Trinajstić information content (AvgIpc) is 2.41. The van der Waals surface area contributed by atoms with Crippen molar-refractivity contribution < 1.29 is 5.11 Å². The van der Waals surface area contributed by atoms with E-state index in [2.05, 4.69) is 26.0 Å². The summed E-state index contributed by atoms with van der Waals surface area (Å²) >= 11 is 5.91. The predicted molar refractivity (Wildman–Crippen MR) is 89.7 cm³/mol. The second-order valence-electron chi connectivity index (χ2n) is 6.38. The summed E-state index contributed by atoms with van der Waals surface area (Å²) < 4.78 is 0. The number of hydrogen-bond donors (Lipinski definition) is 1. The van der Waals surface area contributed by atoms with Gasteiger partial charge >= 0.3 is 0 Å². The van der Waals surface area contributed by atoms with Crippen molar-refractivity contribution >= 4 is 11.6 Å². The van der Waals surface area contributed by atoms with E-state index < -0.39 is 5.60 Å². The monoisotopic (exact) mass is 302 g/mol. The van der Waals surface area contributed by atoms with Crippen molar-refractivity contribution in [3.05, 3.63) is 70.2 Å². The van der Waals surface area contributed by atoms with Gasteiger partial charge in [0.25, 0.3) is 0 Å². The van der Waals surface area contributed by atoms with Crippen LogP contribution in [0.5, 0.6) is 0 Å².